The summed E-state index contributed by atoms with van der Waals surface area (Å²) in [7, 11) is 0. The number of hydrogen-bond acceptors (Lipinski definition) is 3. The first kappa shape index (κ1) is 15.8. The Morgan fingerprint density at radius 3 is 2.76 bits per heavy atom. The van der Waals surface area contributed by atoms with Gasteiger partial charge in [0.15, 0.2) is 11.6 Å². The molecular weight excluding hydrogens is 273 g/mol. The summed E-state index contributed by atoms with van der Waals surface area (Å²) in [5, 5.41) is 9.48. The first-order valence-corrected chi connectivity index (χ1v) is 7.29. The molecule has 0 radical (unpaired) electrons. The minimum Gasteiger partial charge on any atom is -0.489 e. The van der Waals surface area contributed by atoms with E-state index in [1.54, 1.807) is 18.2 Å². The van der Waals surface area contributed by atoms with Crippen molar-refractivity contribution in [1.29, 1.82) is 0 Å². The van der Waals surface area contributed by atoms with Gasteiger partial charge < -0.3 is 9.84 Å². The van der Waals surface area contributed by atoms with Crippen molar-refractivity contribution in [3.05, 3.63) is 30.1 Å². The van der Waals surface area contributed by atoms with Crippen molar-refractivity contribution in [2.24, 2.45) is 11.3 Å². The molecule has 1 aliphatic rings. The lowest BCUT2D eigenvalue weighted by atomic mass is 9.76. The Morgan fingerprint density at radius 1 is 1.48 bits per heavy atom. The van der Waals surface area contributed by atoms with Gasteiger partial charge in [-0.15, -0.1) is 0 Å². The molecule has 1 aromatic rings. The summed E-state index contributed by atoms with van der Waals surface area (Å²) in [5.41, 5.74) is -0.669. The van der Waals surface area contributed by atoms with Crippen molar-refractivity contribution in [2.45, 2.75) is 20.3 Å². The number of carboxylic acid groups (broad SMARTS) is 1. The number of nitrogens with zero attached hydrogens (tertiary/aromatic N) is 1. The summed E-state index contributed by atoms with van der Waals surface area (Å²) in [6, 6.07) is 6.30. The number of benzene rings is 1. The van der Waals surface area contributed by atoms with Crippen molar-refractivity contribution in [3.63, 3.8) is 0 Å². The average Bonchev–Trinajstić information content (AvgIpc) is 2.87. The molecule has 0 spiro atoms. The van der Waals surface area contributed by atoms with Crippen molar-refractivity contribution >= 4 is 5.97 Å². The minimum absolute atomic E-state index is 0.0903. The second-order valence-corrected chi connectivity index (χ2v) is 5.92. The normalized spacial score (nSPS) is 22.7. The van der Waals surface area contributed by atoms with Crippen LogP contribution < -0.4 is 4.74 Å². The molecule has 1 atom stereocenters. The lowest BCUT2D eigenvalue weighted by Gasteiger charge is -2.28. The molecule has 1 fully saturated rings. The lowest BCUT2D eigenvalue weighted by Crippen LogP contribution is -2.39. The van der Waals surface area contributed by atoms with Crippen LogP contribution in [0.1, 0.15) is 20.3 Å². The highest BCUT2D eigenvalue weighted by Crippen LogP contribution is 2.37. The van der Waals surface area contributed by atoms with Gasteiger partial charge in [-0.2, -0.15) is 0 Å². The van der Waals surface area contributed by atoms with Crippen molar-refractivity contribution < 1.29 is 19.0 Å². The van der Waals surface area contributed by atoms with Gasteiger partial charge in [0, 0.05) is 13.1 Å². The Kier molecular flexibility index (Phi) is 4.83. The van der Waals surface area contributed by atoms with Gasteiger partial charge in [-0.3, -0.25) is 9.69 Å². The van der Waals surface area contributed by atoms with Gasteiger partial charge in [-0.25, -0.2) is 4.39 Å². The van der Waals surface area contributed by atoms with Gasteiger partial charge >= 0.3 is 5.97 Å². The van der Waals surface area contributed by atoms with E-state index in [2.05, 4.69) is 4.90 Å². The van der Waals surface area contributed by atoms with E-state index in [9.17, 15) is 14.3 Å². The molecule has 0 aliphatic carbocycles. The fourth-order valence-electron chi connectivity index (χ4n) is 2.84. The number of hydrogen-bond donors (Lipinski definition) is 1. The number of likely N-dealkylation sites (tertiary alicyclic amines) is 1. The third kappa shape index (κ3) is 3.35. The highest BCUT2D eigenvalue weighted by molar-refractivity contribution is 5.75. The second kappa shape index (κ2) is 6.43. The van der Waals surface area contributed by atoms with Gasteiger partial charge in [0.2, 0.25) is 0 Å². The highest BCUT2D eigenvalue weighted by Gasteiger charge is 2.46. The van der Waals surface area contributed by atoms with Gasteiger partial charge in [0.25, 0.3) is 0 Å². The van der Waals surface area contributed by atoms with Crippen LogP contribution >= 0.6 is 0 Å². The molecule has 116 valence electrons. The third-order valence-corrected chi connectivity index (χ3v) is 4.41. The Hall–Kier alpha value is -1.62. The molecule has 4 nitrogen and oxygen atoms in total. The molecule has 21 heavy (non-hydrogen) atoms. The molecule has 1 heterocycles. The van der Waals surface area contributed by atoms with E-state index in [1.165, 1.54) is 6.07 Å². The van der Waals surface area contributed by atoms with Gasteiger partial charge in [-0.1, -0.05) is 26.0 Å². The summed E-state index contributed by atoms with van der Waals surface area (Å²) >= 11 is 0. The second-order valence-electron chi connectivity index (χ2n) is 5.92. The summed E-state index contributed by atoms with van der Waals surface area (Å²) in [6.07, 6.45) is 0.652. The maximum Gasteiger partial charge on any atom is 0.311 e. The molecule has 0 amide bonds. The number of rotatable bonds is 6. The first-order chi connectivity index (χ1) is 9.95. The van der Waals surface area contributed by atoms with Gasteiger partial charge in [0.1, 0.15) is 6.61 Å². The van der Waals surface area contributed by atoms with E-state index in [4.69, 9.17) is 4.74 Å². The molecule has 0 bridgehead atoms. The number of para-hydroxylation sites is 1. The largest absolute Gasteiger partial charge is 0.489 e. The van der Waals surface area contributed by atoms with E-state index in [1.807, 2.05) is 13.8 Å². The summed E-state index contributed by atoms with van der Waals surface area (Å²) in [5.74, 6) is -0.770. The molecule has 1 aliphatic heterocycles. The predicted molar refractivity (Wildman–Crippen MR) is 77.9 cm³/mol. The number of ether oxygens (including phenoxy) is 1. The van der Waals surface area contributed by atoms with Crippen LogP contribution in [0.4, 0.5) is 4.39 Å². The smallest absolute Gasteiger partial charge is 0.311 e. The zero-order valence-electron chi connectivity index (χ0n) is 12.5. The maximum atomic E-state index is 13.4. The maximum absolute atomic E-state index is 13.4. The molecule has 0 saturated carbocycles. The van der Waals surface area contributed by atoms with Gasteiger partial charge in [0.05, 0.1) is 5.41 Å². The quantitative estimate of drug-likeness (QED) is 0.876. The van der Waals surface area contributed by atoms with E-state index in [0.717, 1.165) is 6.54 Å². The first-order valence-electron chi connectivity index (χ1n) is 7.29. The number of aliphatic carboxylic acids is 1. The topological polar surface area (TPSA) is 49.8 Å². The SMILES string of the molecule is CC(C)C1(C(=O)O)CCN(CCOc2ccccc2F)C1. The number of carboxylic acids is 1. The van der Waals surface area contributed by atoms with Crippen LogP contribution in [0, 0.1) is 17.2 Å². The fraction of sp³-hybridized carbons (Fsp3) is 0.562. The number of carbonyl (C=O) groups is 1. The average molecular weight is 295 g/mol. The van der Waals surface area contributed by atoms with E-state index < -0.39 is 11.4 Å². The molecular formula is C16H22FNO3. The van der Waals surface area contributed by atoms with E-state index in [0.29, 0.717) is 26.1 Å². The zero-order valence-corrected chi connectivity index (χ0v) is 12.5. The Bertz CT molecular complexity index is 506. The van der Waals surface area contributed by atoms with E-state index in [-0.39, 0.29) is 17.5 Å². The van der Waals surface area contributed by atoms with Crippen LogP contribution in [0.5, 0.6) is 5.75 Å². The van der Waals surface area contributed by atoms with Gasteiger partial charge in [-0.05, 0) is 31.0 Å². The lowest BCUT2D eigenvalue weighted by molar-refractivity contribution is -0.151. The Balaban J connectivity index is 1.86. The van der Waals surface area contributed by atoms with Crippen molar-refractivity contribution in [2.75, 3.05) is 26.2 Å². The van der Waals surface area contributed by atoms with Crippen LogP contribution in [-0.2, 0) is 4.79 Å². The predicted octanol–water partition coefficient (Wildman–Crippen LogP) is 2.64. The Labute approximate surface area is 124 Å². The van der Waals surface area contributed by atoms with Crippen LogP contribution in [0.2, 0.25) is 0 Å². The minimum atomic E-state index is -0.727. The molecule has 1 unspecified atom stereocenters. The zero-order chi connectivity index (χ0) is 15.5. The summed E-state index contributed by atoms with van der Waals surface area (Å²) in [4.78, 5) is 13.6. The summed E-state index contributed by atoms with van der Waals surface area (Å²) in [6.45, 7) is 6.14. The van der Waals surface area contributed by atoms with Crippen LogP contribution in [-0.4, -0.2) is 42.2 Å². The van der Waals surface area contributed by atoms with Crippen molar-refractivity contribution in [3.8, 4) is 5.75 Å². The molecule has 2 rings (SSSR count). The van der Waals surface area contributed by atoms with Crippen molar-refractivity contribution in [1.82, 2.24) is 4.90 Å². The highest BCUT2D eigenvalue weighted by atomic mass is 19.1. The monoisotopic (exact) mass is 295 g/mol. The third-order valence-electron chi connectivity index (χ3n) is 4.41. The van der Waals surface area contributed by atoms with Crippen LogP contribution in [0.15, 0.2) is 24.3 Å². The number of halogens is 1. The molecule has 0 aromatic heterocycles. The summed E-state index contributed by atoms with van der Waals surface area (Å²) < 4.78 is 18.8. The van der Waals surface area contributed by atoms with Crippen LogP contribution in [0.3, 0.4) is 0 Å². The van der Waals surface area contributed by atoms with Crippen LogP contribution in [0.25, 0.3) is 0 Å². The standard InChI is InChI=1S/C16H22FNO3/c1-12(2)16(15(19)20)7-8-18(11-16)9-10-21-14-6-4-3-5-13(14)17/h3-6,12H,7-11H2,1-2H3,(H,19,20). The molecule has 1 N–H and O–H groups in total. The Morgan fingerprint density at radius 2 is 2.19 bits per heavy atom. The molecule has 1 saturated heterocycles. The fourth-order valence-corrected chi connectivity index (χ4v) is 2.84. The van der Waals surface area contributed by atoms with E-state index >= 15 is 0 Å². The molecule has 1 aromatic carbocycles. The molecule has 5 heteroatoms.